The number of alkyl halides is 3. The largest absolute Gasteiger partial charge is 0.393 e. The molecule has 0 amide bonds. The Balaban J connectivity index is 1.04. The molecule has 6 rings (SSSR count). The number of anilines is 1. The molecule has 2 saturated heterocycles. The Morgan fingerprint density at radius 1 is 1.02 bits per heavy atom. The van der Waals surface area contributed by atoms with Crippen LogP contribution in [0.25, 0.3) is 21.1 Å². The third kappa shape index (κ3) is 8.06. The molecule has 2 aliphatic heterocycles. The van der Waals surface area contributed by atoms with Gasteiger partial charge in [0, 0.05) is 60.6 Å². The highest BCUT2D eigenvalue weighted by Gasteiger charge is 2.29. The normalized spacial score (nSPS) is 18.2. The van der Waals surface area contributed by atoms with Gasteiger partial charge < -0.3 is 19.9 Å². The second-order valence-electron chi connectivity index (χ2n) is 12.9. The minimum atomic E-state index is -4.25. The van der Waals surface area contributed by atoms with Crippen LogP contribution in [0, 0.1) is 18.3 Å². The highest BCUT2D eigenvalue weighted by Crippen LogP contribution is 2.33. The van der Waals surface area contributed by atoms with Crippen LogP contribution in [-0.4, -0.2) is 86.7 Å². The molecular weight excluding hydrogens is 625 g/mol. The van der Waals surface area contributed by atoms with Gasteiger partial charge in [-0.25, -0.2) is 9.97 Å². The molecular formula is C34H43F3N8OS. The number of nitriles is 1. The first-order valence-electron chi connectivity index (χ1n) is 16.6. The van der Waals surface area contributed by atoms with Crippen LogP contribution in [0.2, 0.25) is 0 Å². The van der Waals surface area contributed by atoms with Gasteiger partial charge in [0.15, 0.2) is 0 Å². The lowest BCUT2D eigenvalue weighted by Crippen LogP contribution is -2.46. The van der Waals surface area contributed by atoms with Crippen molar-refractivity contribution in [1.82, 2.24) is 29.7 Å². The summed E-state index contributed by atoms with van der Waals surface area (Å²) in [6, 6.07) is 10.9. The van der Waals surface area contributed by atoms with Crippen LogP contribution in [0.5, 0.6) is 0 Å². The van der Waals surface area contributed by atoms with Crippen molar-refractivity contribution in [3.63, 3.8) is 0 Å². The van der Waals surface area contributed by atoms with Crippen molar-refractivity contribution in [2.45, 2.75) is 89.9 Å². The number of hydrogen-bond donors (Lipinski definition) is 3. The lowest BCUT2D eigenvalue weighted by atomic mass is 10.0. The molecule has 1 aromatic carbocycles. The number of thiophene rings is 1. The zero-order chi connectivity index (χ0) is 33.1. The summed E-state index contributed by atoms with van der Waals surface area (Å²) < 4.78 is 41.0. The summed E-state index contributed by atoms with van der Waals surface area (Å²) in [5.74, 6) is 0.602. The number of aliphatic hydroxyl groups is 1. The molecule has 4 aromatic rings. The number of aryl methyl sites for hydroxylation is 1. The quantitative estimate of drug-likeness (QED) is 0.173. The van der Waals surface area contributed by atoms with Crippen LogP contribution in [0.15, 0.2) is 30.6 Å². The van der Waals surface area contributed by atoms with Gasteiger partial charge in [-0.2, -0.15) is 18.4 Å². The zero-order valence-corrected chi connectivity index (χ0v) is 27.8. The van der Waals surface area contributed by atoms with E-state index in [1.807, 2.05) is 13.0 Å². The van der Waals surface area contributed by atoms with Crippen molar-refractivity contribution < 1.29 is 18.3 Å². The SMILES string of the molecule is CCC(O)NC1CCN(CCn2c(C#N)cc3c(C)c(CN4CCC(Nc5ncnc6sc(CC(F)(F)F)cc56)CC4)ccc32)CC1. The van der Waals surface area contributed by atoms with E-state index in [4.69, 9.17) is 0 Å². The highest BCUT2D eigenvalue weighted by atomic mass is 32.1. The van der Waals surface area contributed by atoms with E-state index in [-0.39, 0.29) is 10.9 Å². The third-order valence-electron chi connectivity index (χ3n) is 9.70. The summed E-state index contributed by atoms with van der Waals surface area (Å²) >= 11 is 1.07. The number of fused-ring (bicyclic) bond motifs is 2. The molecule has 0 aliphatic carbocycles. The second-order valence-corrected chi connectivity index (χ2v) is 14.0. The summed E-state index contributed by atoms with van der Waals surface area (Å²) in [7, 11) is 0. The molecule has 0 bridgehead atoms. The standard InChI is InChI=1S/C34H43F3N8OS/c1-3-31(46)41-24-6-10-43(11-7-24)14-15-45-26(19-38)16-28-22(2)23(4-5-30(28)45)20-44-12-8-25(9-13-44)42-32-29-17-27(18-34(35,36)37)47-33(29)40-21-39-32/h4-5,16-17,21,24-25,31,41,46H,3,6-15,18,20H2,1-2H3,(H,39,40,42). The fourth-order valence-electron chi connectivity index (χ4n) is 6.96. The number of piperidine rings is 2. The number of aliphatic hydroxyl groups excluding tert-OH is 1. The van der Waals surface area contributed by atoms with Crippen molar-refractivity contribution >= 4 is 38.3 Å². The lowest BCUT2D eigenvalue weighted by Gasteiger charge is -2.33. The maximum Gasteiger partial charge on any atom is 0.393 e. The number of nitrogens with one attached hydrogen (secondary N) is 2. The van der Waals surface area contributed by atoms with Gasteiger partial charge in [-0.1, -0.05) is 13.0 Å². The van der Waals surface area contributed by atoms with E-state index in [1.54, 1.807) is 6.07 Å². The van der Waals surface area contributed by atoms with E-state index in [0.717, 1.165) is 93.7 Å². The first-order chi connectivity index (χ1) is 22.6. The number of rotatable bonds is 11. The van der Waals surface area contributed by atoms with E-state index in [9.17, 15) is 23.5 Å². The Morgan fingerprint density at radius 3 is 2.45 bits per heavy atom. The Kier molecular flexibility index (Phi) is 10.3. The van der Waals surface area contributed by atoms with Gasteiger partial charge in [0.2, 0.25) is 0 Å². The monoisotopic (exact) mass is 668 g/mol. The minimum absolute atomic E-state index is 0.177. The third-order valence-corrected chi connectivity index (χ3v) is 10.7. The molecule has 9 nitrogen and oxygen atoms in total. The smallest absolute Gasteiger partial charge is 0.379 e. The van der Waals surface area contributed by atoms with Crippen molar-refractivity contribution in [3.05, 3.63) is 52.3 Å². The number of hydrogen-bond acceptors (Lipinski definition) is 9. The minimum Gasteiger partial charge on any atom is -0.379 e. The van der Waals surface area contributed by atoms with Crippen molar-refractivity contribution in [3.8, 4) is 6.07 Å². The van der Waals surface area contributed by atoms with Gasteiger partial charge in [-0.05, 0) is 81.4 Å². The van der Waals surface area contributed by atoms with E-state index in [1.165, 1.54) is 17.5 Å². The number of aromatic nitrogens is 3. The van der Waals surface area contributed by atoms with Crippen LogP contribution in [-0.2, 0) is 19.5 Å². The van der Waals surface area contributed by atoms with Crippen LogP contribution in [0.4, 0.5) is 19.0 Å². The van der Waals surface area contributed by atoms with Crippen LogP contribution in [0.3, 0.4) is 0 Å². The Labute approximate surface area is 277 Å². The average molecular weight is 669 g/mol. The van der Waals surface area contributed by atoms with Crippen molar-refractivity contribution in [1.29, 1.82) is 5.26 Å². The maximum atomic E-state index is 12.9. The van der Waals surface area contributed by atoms with Gasteiger partial charge in [0.05, 0.1) is 11.8 Å². The fourth-order valence-corrected chi connectivity index (χ4v) is 7.98. The van der Waals surface area contributed by atoms with Gasteiger partial charge in [0.25, 0.3) is 0 Å². The molecule has 1 unspecified atom stereocenters. The first kappa shape index (κ1) is 33.6. The van der Waals surface area contributed by atoms with Crippen LogP contribution >= 0.6 is 11.3 Å². The van der Waals surface area contributed by atoms with Gasteiger partial charge in [0.1, 0.15) is 35.0 Å². The van der Waals surface area contributed by atoms with E-state index < -0.39 is 18.8 Å². The molecule has 2 fully saturated rings. The zero-order valence-electron chi connectivity index (χ0n) is 27.0. The predicted molar refractivity (Wildman–Crippen MR) is 179 cm³/mol. The highest BCUT2D eigenvalue weighted by molar-refractivity contribution is 7.18. The molecule has 0 saturated carbocycles. The van der Waals surface area contributed by atoms with Crippen LogP contribution < -0.4 is 10.6 Å². The van der Waals surface area contributed by atoms with Gasteiger partial charge in [-0.15, -0.1) is 11.3 Å². The second kappa shape index (κ2) is 14.5. The van der Waals surface area contributed by atoms with E-state index >= 15 is 0 Å². The topological polar surface area (TPSA) is 105 Å². The number of halogens is 3. The average Bonchev–Trinajstić information content (AvgIpc) is 3.63. The van der Waals surface area contributed by atoms with Crippen molar-refractivity contribution in [2.75, 3.05) is 38.0 Å². The summed E-state index contributed by atoms with van der Waals surface area (Å²) in [6.07, 6.45) is 0.292. The summed E-state index contributed by atoms with van der Waals surface area (Å²) in [5.41, 5.74) is 4.23. The van der Waals surface area contributed by atoms with E-state index in [2.05, 4.69) is 60.1 Å². The molecule has 1 atom stereocenters. The molecule has 5 heterocycles. The Bertz CT molecular complexity index is 1710. The summed E-state index contributed by atoms with van der Waals surface area (Å²) in [4.78, 5) is 14.3. The molecule has 252 valence electrons. The predicted octanol–water partition coefficient (Wildman–Crippen LogP) is 5.79. The number of likely N-dealkylation sites (tertiary alicyclic amines) is 2. The number of benzene rings is 1. The summed E-state index contributed by atoms with van der Waals surface area (Å²) in [6.45, 7) is 10.3. The molecule has 3 N–H and O–H groups in total. The molecule has 0 spiro atoms. The van der Waals surface area contributed by atoms with Crippen molar-refractivity contribution in [2.24, 2.45) is 0 Å². The maximum absolute atomic E-state index is 12.9. The van der Waals surface area contributed by atoms with Gasteiger partial charge >= 0.3 is 6.18 Å². The Morgan fingerprint density at radius 2 is 1.74 bits per heavy atom. The molecule has 47 heavy (non-hydrogen) atoms. The molecule has 13 heteroatoms. The molecule has 2 aliphatic rings. The van der Waals surface area contributed by atoms with Crippen LogP contribution in [0.1, 0.15) is 60.7 Å². The molecule has 0 radical (unpaired) electrons. The fraction of sp³-hybridized carbons (Fsp3) is 0.559. The lowest BCUT2D eigenvalue weighted by molar-refractivity contribution is -0.126. The number of nitrogens with zero attached hydrogens (tertiary/aromatic N) is 6. The van der Waals surface area contributed by atoms with Gasteiger partial charge in [-0.3, -0.25) is 10.2 Å². The Hall–Kier alpha value is -3.28. The molecule has 3 aromatic heterocycles. The summed E-state index contributed by atoms with van der Waals surface area (Å²) in [5, 5.41) is 28.5. The van der Waals surface area contributed by atoms with E-state index in [0.29, 0.717) is 34.2 Å². The first-order valence-corrected chi connectivity index (χ1v) is 17.4.